The van der Waals surface area contributed by atoms with E-state index in [0.717, 1.165) is 37.8 Å². The molecule has 2 aliphatic rings. The highest BCUT2D eigenvalue weighted by Crippen LogP contribution is 2.30. The summed E-state index contributed by atoms with van der Waals surface area (Å²) in [6, 6.07) is 6.18. The lowest BCUT2D eigenvalue weighted by Gasteiger charge is -2.31. The third-order valence-corrected chi connectivity index (χ3v) is 7.17. The van der Waals surface area contributed by atoms with Crippen molar-refractivity contribution in [1.82, 2.24) is 25.2 Å². The number of nitrogens with one attached hydrogen (secondary N) is 2. The molecule has 178 valence electrons. The highest BCUT2D eigenvalue weighted by atomic mass is 32.1. The predicted molar refractivity (Wildman–Crippen MR) is 126 cm³/mol. The minimum absolute atomic E-state index is 0.0872. The first-order valence-electron chi connectivity index (χ1n) is 11.4. The van der Waals surface area contributed by atoms with Crippen LogP contribution in [0, 0.1) is 11.7 Å². The number of rotatable bonds is 7. The van der Waals surface area contributed by atoms with Crippen molar-refractivity contribution in [3.8, 4) is 0 Å². The van der Waals surface area contributed by atoms with E-state index in [1.165, 1.54) is 34.4 Å². The van der Waals surface area contributed by atoms with Crippen LogP contribution in [0.5, 0.6) is 0 Å². The quantitative estimate of drug-likeness (QED) is 0.529. The van der Waals surface area contributed by atoms with E-state index in [1.54, 1.807) is 12.1 Å². The smallest absolute Gasteiger partial charge is 0.273 e. The van der Waals surface area contributed by atoms with Gasteiger partial charge in [0.1, 0.15) is 23.4 Å². The Bertz CT molecular complexity index is 1270. The summed E-state index contributed by atoms with van der Waals surface area (Å²) in [6.07, 6.45) is 5.17. The number of carbonyl (C=O) groups is 2. The Morgan fingerprint density at radius 2 is 1.97 bits per heavy atom. The Hall–Kier alpha value is -3.34. The van der Waals surface area contributed by atoms with Crippen LogP contribution >= 0.6 is 11.3 Å². The predicted octanol–water partition coefficient (Wildman–Crippen LogP) is 1.80. The summed E-state index contributed by atoms with van der Waals surface area (Å²) < 4.78 is 14.6. The average Bonchev–Trinajstić information content (AvgIpc) is 3.55. The van der Waals surface area contributed by atoms with Gasteiger partial charge in [-0.1, -0.05) is 23.5 Å². The number of aromatic nitrogens is 3. The minimum atomic E-state index is -0.349. The van der Waals surface area contributed by atoms with Crippen LogP contribution in [0.25, 0.3) is 10.3 Å². The van der Waals surface area contributed by atoms with Crippen LogP contribution in [0.4, 0.5) is 9.52 Å². The van der Waals surface area contributed by atoms with Gasteiger partial charge in [0.15, 0.2) is 10.8 Å². The van der Waals surface area contributed by atoms with Crippen molar-refractivity contribution in [1.29, 1.82) is 0 Å². The molecule has 2 N–H and O–H groups in total. The second-order valence-corrected chi connectivity index (χ2v) is 9.78. The lowest BCUT2D eigenvalue weighted by Crippen LogP contribution is -2.43. The van der Waals surface area contributed by atoms with Crippen molar-refractivity contribution in [3.05, 3.63) is 52.3 Å². The molecule has 34 heavy (non-hydrogen) atoms. The Morgan fingerprint density at radius 3 is 2.74 bits per heavy atom. The summed E-state index contributed by atoms with van der Waals surface area (Å²) >= 11 is 1.24. The summed E-state index contributed by atoms with van der Waals surface area (Å²) in [5, 5.41) is 6.47. The summed E-state index contributed by atoms with van der Waals surface area (Å²) in [7, 11) is 0. The van der Waals surface area contributed by atoms with Gasteiger partial charge in [0, 0.05) is 25.7 Å². The number of hydrogen-bond donors (Lipinski definition) is 2. The molecule has 0 bridgehead atoms. The molecule has 9 nitrogen and oxygen atoms in total. The zero-order valence-corrected chi connectivity index (χ0v) is 19.3. The Morgan fingerprint density at radius 1 is 1.18 bits per heavy atom. The van der Waals surface area contributed by atoms with Crippen LogP contribution in [0.1, 0.15) is 31.2 Å². The Balaban J connectivity index is 1.25. The van der Waals surface area contributed by atoms with E-state index in [-0.39, 0.29) is 42.2 Å². The first-order valence-corrected chi connectivity index (χ1v) is 12.2. The monoisotopic (exact) mass is 484 g/mol. The lowest BCUT2D eigenvalue weighted by atomic mass is 9.97. The van der Waals surface area contributed by atoms with Crippen molar-refractivity contribution in [3.63, 3.8) is 0 Å². The third-order valence-electron chi connectivity index (χ3n) is 6.08. The molecule has 1 aliphatic heterocycles. The number of nitrogens with zero attached hydrogens (tertiary/aromatic N) is 4. The zero-order valence-electron chi connectivity index (χ0n) is 18.5. The maximum absolute atomic E-state index is 13.0. The van der Waals surface area contributed by atoms with Gasteiger partial charge in [-0.25, -0.2) is 9.37 Å². The minimum Gasteiger partial charge on any atom is -0.353 e. The molecule has 1 saturated heterocycles. The molecular formula is C23H25FN6O3S. The largest absolute Gasteiger partial charge is 0.353 e. The van der Waals surface area contributed by atoms with E-state index < -0.39 is 0 Å². The molecule has 0 unspecified atom stereocenters. The van der Waals surface area contributed by atoms with E-state index in [0.29, 0.717) is 28.1 Å². The zero-order chi connectivity index (χ0) is 23.7. The summed E-state index contributed by atoms with van der Waals surface area (Å²) in [4.78, 5) is 48.6. The normalized spacial score (nSPS) is 18.1. The van der Waals surface area contributed by atoms with Gasteiger partial charge in [0.05, 0.1) is 5.92 Å². The van der Waals surface area contributed by atoms with Gasteiger partial charge in [-0.3, -0.25) is 19.0 Å². The first-order chi connectivity index (χ1) is 16.5. The fourth-order valence-corrected chi connectivity index (χ4v) is 5.01. The van der Waals surface area contributed by atoms with Gasteiger partial charge < -0.3 is 15.5 Å². The van der Waals surface area contributed by atoms with Crippen molar-refractivity contribution in [2.75, 3.05) is 18.0 Å². The SMILES string of the molecule is O=C(Cn1cnc2nc(N3CCC[C@@H](C(=O)NC4CC4)C3)sc2c1=O)NCc1ccc(F)cc1. The van der Waals surface area contributed by atoms with Crippen LogP contribution < -0.4 is 21.1 Å². The van der Waals surface area contributed by atoms with Crippen LogP contribution in [0.15, 0.2) is 35.4 Å². The number of thiazole rings is 1. The summed E-state index contributed by atoms with van der Waals surface area (Å²) in [5.74, 6) is -0.680. The molecule has 1 saturated carbocycles. The molecular weight excluding hydrogens is 459 g/mol. The van der Waals surface area contributed by atoms with Crippen LogP contribution in [-0.4, -0.2) is 45.5 Å². The molecule has 1 aromatic carbocycles. The summed E-state index contributed by atoms with van der Waals surface area (Å²) in [5.41, 5.74) is 0.775. The van der Waals surface area contributed by atoms with Crippen LogP contribution in [0.3, 0.4) is 0 Å². The lowest BCUT2D eigenvalue weighted by molar-refractivity contribution is -0.125. The maximum Gasteiger partial charge on any atom is 0.273 e. The van der Waals surface area contributed by atoms with E-state index in [1.807, 2.05) is 4.90 Å². The van der Waals surface area contributed by atoms with Crippen molar-refractivity contribution in [2.45, 2.75) is 44.8 Å². The highest BCUT2D eigenvalue weighted by Gasteiger charge is 2.31. The van der Waals surface area contributed by atoms with E-state index in [4.69, 9.17) is 0 Å². The highest BCUT2D eigenvalue weighted by molar-refractivity contribution is 7.22. The third kappa shape index (κ3) is 5.09. The number of fused-ring (bicyclic) bond motifs is 1. The molecule has 11 heteroatoms. The van der Waals surface area contributed by atoms with Gasteiger partial charge >= 0.3 is 0 Å². The molecule has 5 rings (SSSR count). The standard InChI is InChI=1S/C23H25FN6O3S/c24-16-5-3-14(4-6-16)10-25-18(31)12-30-13-26-20-19(22(30)33)34-23(28-20)29-9-1-2-15(11-29)21(32)27-17-7-8-17/h3-6,13,15,17H,1-2,7-12H2,(H,25,31)(H,27,32)/t15-/m1/s1. The number of benzene rings is 1. The van der Waals surface area contributed by atoms with Crippen LogP contribution in [-0.2, 0) is 22.7 Å². The van der Waals surface area contributed by atoms with Gasteiger partial charge in [0.2, 0.25) is 11.8 Å². The van der Waals surface area contributed by atoms with E-state index in [9.17, 15) is 18.8 Å². The number of anilines is 1. The van der Waals surface area contributed by atoms with E-state index >= 15 is 0 Å². The van der Waals surface area contributed by atoms with Crippen molar-refractivity contribution < 1.29 is 14.0 Å². The molecule has 2 fully saturated rings. The van der Waals surface area contributed by atoms with Crippen molar-refractivity contribution >= 4 is 38.6 Å². The van der Waals surface area contributed by atoms with E-state index in [2.05, 4.69) is 20.6 Å². The molecule has 3 heterocycles. The first kappa shape index (κ1) is 22.5. The number of halogens is 1. The molecule has 2 amide bonds. The Labute approximate surface area is 199 Å². The topological polar surface area (TPSA) is 109 Å². The Kier molecular flexibility index (Phi) is 6.27. The number of piperidine rings is 1. The fraction of sp³-hybridized carbons (Fsp3) is 0.435. The second-order valence-electron chi connectivity index (χ2n) is 8.80. The maximum atomic E-state index is 13.0. The number of carbonyl (C=O) groups excluding carboxylic acids is 2. The average molecular weight is 485 g/mol. The van der Waals surface area contributed by atoms with Gasteiger partial charge in [-0.05, 0) is 43.4 Å². The van der Waals surface area contributed by atoms with Crippen LogP contribution in [0.2, 0.25) is 0 Å². The summed E-state index contributed by atoms with van der Waals surface area (Å²) in [6.45, 7) is 1.40. The fourth-order valence-electron chi connectivity index (χ4n) is 4.01. The molecule has 1 atom stereocenters. The molecule has 3 aromatic rings. The molecule has 0 spiro atoms. The second kappa shape index (κ2) is 9.49. The van der Waals surface area contributed by atoms with Gasteiger partial charge in [-0.2, -0.15) is 4.98 Å². The molecule has 2 aromatic heterocycles. The van der Waals surface area contributed by atoms with Gasteiger partial charge in [0.25, 0.3) is 5.56 Å². The van der Waals surface area contributed by atoms with Gasteiger partial charge in [-0.15, -0.1) is 0 Å². The molecule has 0 radical (unpaired) electrons. The van der Waals surface area contributed by atoms with Crippen molar-refractivity contribution in [2.24, 2.45) is 5.92 Å². The number of amides is 2. The number of hydrogen-bond acceptors (Lipinski definition) is 7. The molecule has 1 aliphatic carbocycles.